The van der Waals surface area contributed by atoms with E-state index < -0.39 is 15.1 Å². The molecule has 0 saturated carbocycles. The molecule has 1 aliphatic rings. The van der Waals surface area contributed by atoms with Gasteiger partial charge in [0, 0.05) is 6.04 Å². The Balaban J connectivity index is 2.33. The maximum atomic E-state index is 12.8. The van der Waals surface area contributed by atoms with Crippen LogP contribution >= 0.6 is 0 Å². The van der Waals surface area contributed by atoms with Gasteiger partial charge in [0.25, 0.3) is 0 Å². The first-order valence-electron chi connectivity index (χ1n) is 5.71. The average Bonchev–Trinajstić information content (AvgIpc) is 2.41. The minimum atomic E-state index is -3.06. The van der Waals surface area contributed by atoms with Gasteiger partial charge < -0.3 is 5.32 Å². The lowest BCUT2D eigenvalue weighted by Gasteiger charge is -2.22. The van der Waals surface area contributed by atoms with Crippen LogP contribution in [0.25, 0.3) is 0 Å². The zero-order valence-corrected chi connectivity index (χ0v) is 10.5. The van der Waals surface area contributed by atoms with Crippen LogP contribution in [0.1, 0.15) is 24.9 Å². The summed E-state index contributed by atoms with van der Waals surface area (Å²) in [5, 5.41) is 2.74. The molecule has 1 aromatic carbocycles. The van der Waals surface area contributed by atoms with Gasteiger partial charge in [-0.15, -0.1) is 0 Å². The molecule has 0 amide bonds. The van der Waals surface area contributed by atoms with Gasteiger partial charge in [-0.3, -0.25) is 0 Å². The summed E-state index contributed by atoms with van der Waals surface area (Å²) in [5.74, 6) is -0.0864. The third-order valence-electron chi connectivity index (χ3n) is 3.23. The van der Waals surface area contributed by atoms with Crippen LogP contribution in [0.5, 0.6) is 0 Å². The van der Waals surface area contributed by atoms with Crippen LogP contribution in [0.2, 0.25) is 0 Å². The third kappa shape index (κ3) is 2.66. The molecule has 3 nitrogen and oxygen atoms in total. The first-order chi connectivity index (χ1) is 8.00. The highest BCUT2D eigenvalue weighted by Gasteiger charge is 2.32. The van der Waals surface area contributed by atoms with E-state index in [1.54, 1.807) is 19.1 Å². The Morgan fingerprint density at radius 1 is 1.29 bits per heavy atom. The van der Waals surface area contributed by atoms with Gasteiger partial charge in [0.05, 0.1) is 11.0 Å². The van der Waals surface area contributed by atoms with Crippen molar-refractivity contribution in [1.82, 2.24) is 5.32 Å². The molecule has 1 aliphatic heterocycles. The molecule has 0 spiro atoms. The molecule has 94 valence electrons. The van der Waals surface area contributed by atoms with Crippen LogP contribution in [0, 0.1) is 5.82 Å². The standard InChI is InChI=1S/C12H16FNO2S/c1-9-12(10-3-5-11(13)6-4-10)14-7-2-8-17(9,15)16/h3-6,9,12,14H,2,7-8H2,1H3. The predicted octanol–water partition coefficient (Wildman–Crippen LogP) is 1.66. The molecule has 1 fully saturated rings. The van der Waals surface area contributed by atoms with Crippen LogP contribution in [0.4, 0.5) is 4.39 Å². The van der Waals surface area contributed by atoms with Crippen molar-refractivity contribution in [3.05, 3.63) is 35.6 Å². The van der Waals surface area contributed by atoms with E-state index in [1.807, 2.05) is 0 Å². The molecular weight excluding hydrogens is 241 g/mol. The highest BCUT2D eigenvalue weighted by atomic mass is 32.2. The maximum Gasteiger partial charge on any atom is 0.154 e. The molecule has 1 saturated heterocycles. The lowest BCUT2D eigenvalue weighted by molar-refractivity contribution is 0.519. The zero-order valence-electron chi connectivity index (χ0n) is 9.69. The monoisotopic (exact) mass is 257 g/mol. The van der Waals surface area contributed by atoms with Gasteiger partial charge in [0.15, 0.2) is 9.84 Å². The molecule has 2 rings (SSSR count). The largest absolute Gasteiger partial charge is 0.309 e. The molecule has 0 aromatic heterocycles. The van der Waals surface area contributed by atoms with Gasteiger partial charge >= 0.3 is 0 Å². The fourth-order valence-electron chi connectivity index (χ4n) is 2.15. The molecule has 1 aromatic rings. The summed E-state index contributed by atoms with van der Waals surface area (Å²) in [6, 6.07) is 5.76. The Labute approximate surface area is 101 Å². The number of nitrogens with one attached hydrogen (secondary N) is 1. The summed E-state index contributed by atoms with van der Waals surface area (Å²) in [7, 11) is -3.06. The molecule has 2 unspecified atom stereocenters. The summed E-state index contributed by atoms with van der Waals surface area (Å²) in [6.07, 6.45) is 0.629. The fourth-order valence-corrected chi connectivity index (χ4v) is 3.74. The predicted molar refractivity (Wildman–Crippen MR) is 65.0 cm³/mol. The highest BCUT2D eigenvalue weighted by molar-refractivity contribution is 7.92. The normalized spacial score (nSPS) is 28.6. The van der Waals surface area contributed by atoms with Crippen LogP contribution in [0.15, 0.2) is 24.3 Å². The number of halogens is 1. The molecule has 0 aliphatic carbocycles. The Morgan fingerprint density at radius 2 is 1.94 bits per heavy atom. The van der Waals surface area contributed by atoms with Gasteiger partial charge in [0.2, 0.25) is 0 Å². The maximum absolute atomic E-state index is 12.8. The van der Waals surface area contributed by atoms with Crippen LogP contribution in [-0.2, 0) is 9.84 Å². The van der Waals surface area contributed by atoms with Crippen LogP contribution in [-0.4, -0.2) is 26.0 Å². The van der Waals surface area contributed by atoms with Gasteiger partial charge in [-0.2, -0.15) is 0 Å². The van der Waals surface area contributed by atoms with Crippen LogP contribution in [0.3, 0.4) is 0 Å². The van der Waals surface area contributed by atoms with Crippen molar-refractivity contribution >= 4 is 9.84 Å². The quantitative estimate of drug-likeness (QED) is 0.832. The lowest BCUT2D eigenvalue weighted by Crippen LogP contribution is -2.33. The first-order valence-corrected chi connectivity index (χ1v) is 7.43. The fraction of sp³-hybridized carbons (Fsp3) is 0.500. The number of sulfone groups is 1. The van der Waals surface area contributed by atoms with Gasteiger partial charge in [-0.05, 0) is 37.6 Å². The zero-order chi connectivity index (χ0) is 12.5. The molecule has 1 heterocycles. The minimum Gasteiger partial charge on any atom is -0.309 e. The molecule has 5 heteroatoms. The molecule has 1 N–H and O–H groups in total. The summed E-state index contributed by atoms with van der Waals surface area (Å²) < 4.78 is 36.7. The van der Waals surface area contributed by atoms with E-state index in [2.05, 4.69) is 5.32 Å². The molecule has 2 atom stereocenters. The van der Waals surface area contributed by atoms with E-state index in [0.717, 1.165) is 5.56 Å². The van der Waals surface area contributed by atoms with Gasteiger partial charge in [-0.1, -0.05) is 12.1 Å². The van der Waals surface area contributed by atoms with Crippen molar-refractivity contribution in [2.24, 2.45) is 0 Å². The highest BCUT2D eigenvalue weighted by Crippen LogP contribution is 2.25. The number of rotatable bonds is 1. The van der Waals surface area contributed by atoms with Crippen molar-refractivity contribution in [3.8, 4) is 0 Å². The van der Waals surface area contributed by atoms with Gasteiger partial charge in [-0.25, -0.2) is 12.8 Å². The number of hydrogen-bond donors (Lipinski definition) is 1. The number of benzene rings is 1. The summed E-state index contributed by atoms with van der Waals surface area (Å²) >= 11 is 0. The Kier molecular flexibility index (Phi) is 3.49. The Hall–Kier alpha value is -0.940. The van der Waals surface area contributed by atoms with E-state index in [0.29, 0.717) is 13.0 Å². The summed E-state index contributed by atoms with van der Waals surface area (Å²) in [4.78, 5) is 0. The lowest BCUT2D eigenvalue weighted by atomic mass is 10.0. The smallest absolute Gasteiger partial charge is 0.154 e. The Bertz CT molecular complexity index is 484. The van der Waals surface area contributed by atoms with Crippen molar-refractivity contribution in [2.75, 3.05) is 12.3 Å². The van der Waals surface area contributed by atoms with Crippen molar-refractivity contribution in [1.29, 1.82) is 0 Å². The van der Waals surface area contributed by atoms with E-state index in [4.69, 9.17) is 0 Å². The first kappa shape index (κ1) is 12.5. The second-order valence-electron chi connectivity index (χ2n) is 4.41. The number of hydrogen-bond acceptors (Lipinski definition) is 3. The molecular formula is C12H16FNO2S. The van der Waals surface area contributed by atoms with Gasteiger partial charge in [0.1, 0.15) is 5.82 Å². The summed E-state index contributed by atoms with van der Waals surface area (Å²) in [5.41, 5.74) is 0.823. The van der Waals surface area contributed by atoms with E-state index in [9.17, 15) is 12.8 Å². The topological polar surface area (TPSA) is 46.2 Å². The van der Waals surface area contributed by atoms with E-state index >= 15 is 0 Å². The van der Waals surface area contributed by atoms with Crippen molar-refractivity contribution in [2.45, 2.75) is 24.6 Å². The third-order valence-corrected chi connectivity index (χ3v) is 5.50. The molecule has 0 radical (unpaired) electrons. The SMILES string of the molecule is CC1C(c2ccc(F)cc2)NCCCS1(=O)=O. The summed E-state index contributed by atoms with van der Waals surface area (Å²) in [6.45, 7) is 2.38. The average molecular weight is 257 g/mol. The van der Waals surface area contributed by atoms with E-state index in [1.165, 1.54) is 12.1 Å². The second-order valence-corrected chi connectivity index (χ2v) is 6.89. The Morgan fingerprint density at radius 3 is 2.59 bits per heavy atom. The second kappa shape index (κ2) is 4.74. The molecule has 17 heavy (non-hydrogen) atoms. The van der Waals surface area contributed by atoms with E-state index in [-0.39, 0.29) is 17.6 Å². The van der Waals surface area contributed by atoms with Crippen molar-refractivity contribution in [3.63, 3.8) is 0 Å². The molecule has 0 bridgehead atoms. The van der Waals surface area contributed by atoms with Crippen molar-refractivity contribution < 1.29 is 12.8 Å². The minimum absolute atomic E-state index is 0.221. The van der Waals surface area contributed by atoms with Crippen LogP contribution < -0.4 is 5.32 Å².